The van der Waals surface area contributed by atoms with Crippen LogP contribution in [-0.2, 0) is 27.8 Å². The number of carbonyl (C=O) groups excluding carboxylic acids is 2. The van der Waals surface area contributed by atoms with Crippen LogP contribution in [0, 0.1) is 23.2 Å². The molecular weight excluding hydrogens is 650 g/mol. The molecule has 260 valence electrons. The van der Waals surface area contributed by atoms with Gasteiger partial charge in [0.05, 0.1) is 22.5 Å². The van der Waals surface area contributed by atoms with E-state index in [1.54, 1.807) is 43.1 Å². The summed E-state index contributed by atoms with van der Waals surface area (Å²) >= 11 is 6.36. The van der Waals surface area contributed by atoms with Crippen LogP contribution in [0.25, 0.3) is 0 Å². The average Bonchev–Trinajstić information content (AvgIpc) is 3.36. The highest BCUT2D eigenvalue weighted by Gasteiger charge is 2.59. The van der Waals surface area contributed by atoms with Crippen LogP contribution in [-0.4, -0.2) is 67.8 Å². The van der Waals surface area contributed by atoms with E-state index in [1.807, 2.05) is 31.2 Å². The molecule has 4 aliphatic rings. The van der Waals surface area contributed by atoms with E-state index in [1.165, 1.54) is 0 Å². The molecule has 0 aromatic heterocycles. The number of hydrogen-bond acceptors (Lipinski definition) is 7. The third-order valence-corrected chi connectivity index (χ3v) is 13.7. The van der Waals surface area contributed by atoms with E-state index in [0.717, 1.165) is 43.2 Å². The van der Waals surface area contributed by atoms with Crippen molar-refractivity contribution < 1.29 is 27.9 Å². The monoisotopic (exact) mass is 697 g/mol. The van der Waals surface area contributed by atoms with Gasteiger partial charge in [-0.25, -0.2) is 13.1 Å². The molecule has 1 unspecified atom stereocenters. The number of aryl methyl sites for hydroxylation is 1. The molecule has 3 aliphatic heterocycles. The first-order chi connectivity index (χ1) is 22.7. The number of likely N-dealkylation sites (tertiary alicyclic amines) is 1. The van der Waals surface area contributed by atoms with Crippen LogP contribution in [0.1, 0.15) is 80.8 Å². The summed E-state index contributed by atoms with van der Waals surface area (Å²) in [7, 11) is -2.25. The van der Waals surface area contributed by atoms with Gasteiger partial charge in [-0.05, 0) is 111 Å². The fourth-order valence-corrected chi connectivity index (χ4v) is 9.71. The van der Waals surface area contributed by atoms with Gasteiger partial charge in [-0.3, -0.25) is 9.59 Å². The molecule has 9 nitrogen and oxygen atoms in total. The topological polar surface area (TPSA) is 116 Å². The summed E-state index contributed by atoms with van der Waals surface area (Å²) < 4.78 is 35.7. The van der Waals surface area contributed by atoms with Gasteiger partial charge in [0, 0.05) is 37.3 Å². The molecule has 6 rings (SSSR count). The second kappa shape index (κ2) is 13.3. The Labute approximate surface area is 289 Å². The average molecular weight is 698 g/mol. The number of halogens is 1. The highest BCUT2D eigenvalue weighted by Crippen LogP contribution is 2.56. The van der Waals surface area contributed by atoms with Crippen molar-refractivity contribution in [3.8, 4) is 5.75 Å². The fraction of sp³-hybridized carbons (Fsp3) is 0.568. The van der Waals surface area contributed by atoms with Gasteiger partial charge in [0.2, 0.25) is 15.9 Å². The van der Waals surface area contributed by atoms with Crippen molar-refractivity contribution in [2.75, 3.05) is 31.6 Å². The van der Waals surface area contributed by atoms with Crippen LogP contribution in [0.15, 0.2) is 48.6 Å². The number of anilines is 1. The van der Waals surface area contributed by atoms with Crippen molar-refractivity contribution in [2.45, 2.75) is 83.2 Å². The zero-order valence-corrected chi connectivity index (χ0v) is 29.9. The summed E-state index contributed by atoms with van der Waals surface area (Å²) in [5, 5.41) is 12.5. The van der Waals surface area contributed by atoms with Crippen LogP contribution >= 0.6 is 11.6 Å². The lowest BCUT2D eigenvalue weighted by molar-refractivity contribution is -0.151. The third-order valence-electron chi connectivity index (χ3n) is 11.6. The normalized spacial score (nSPS) is 33.3. The molecular formula is C37H48ClN3O6S. The maximum Gasteiger partial charge on any atom is 0.264 e. The first-order valence-electron chi connectivity index (χ1n) is 17.2. The molecule has 11 heteroatoms. The molecule has 2 bridgehead atoms. The van der Waals surface area contributed by atoms with E-state index >= 15 is 0 Å². The quantitative estimate of drug-likeness (QED) is 0.366. The van der Waals surface area contributed by atoms with Crippen LogP contribution in [0.4, 0.5) is 5.69 Å². The van der Waals surface area contributed by atoms with Crippen molar-refractivity contribution >= 4 is 39.1 Å². The molecule has 6 atom stereocenters. The predicted octanol–water partition coefficient (Wildman–Crippen LogP) is 5.73. The largest absolute Gasteiger partial charge is 0.487 e. The Morgan fingerprint density at radius 1 is 1.04 bits per heavy atom. The number of amides is 2. The molecule has 2 aromatic rings. The lowest BCUT2D eigenvalue weighted by atomic mass is 9.52. The zero-order chi connectivity index (χ0) is 34.4. The van der Waals surface area contributed by atoms with E-state index in [2.05, 4.69) is 16.5 Å². The lowest BCUT2D eigenvalue weighted by Crippen LogP contribution is -2.60. The van der Waals surface area contributed by atoms with Gasteiger partial charge in [0.15, 0.2) is 0 Å². The van der Waals surface area contributed by atoms with Gasteiger partial charge in [0.25, 0.3) is 5.91 Å². The van der Waals surface area contributed by atoms with E-state index < -0.39 is 32.7 Å². The first kappa shape index (κ1) is 34.8. The van der Waals surface area contributed by atoms with Crippen LogP contribution in [0.2, 0.25) is 5.02 Å². The van der Waals surface area contributed by atoms with Crippen molar-refractivity contribution in [3.05, 3.63) is 70.3 Å². The molecule has 2 aromatic carbocycles. The van der Waals surface area contributed by atoms with E-state index in [0.29, 0.717) is 55.5 Å². The predicted molar refractivity (Wildman–Crippen MR) is 188 cm³/mol. The Morgan fingerprint density at radius 2 is 1.83 bits per heavy atom. The SMILES string of the molecule is C[C@@H]1[C@@H](C)C/C=C/[C@](O)([C@@H]2CCN(C)C2=O)[C@@H]2CCC2(C)CN2CCCCc3cc(Cl)ccc3COc3ccc(cc32)C(=O)NS1(=O)=O. The van der Waals surface area contributed by atoms with Crippen molar-refractivity contribution in [3.63, 3.8) is 0 Å². The summed E-state index contributed by atoms with van der Waals surface area (Å²) in [5.74, 6) is -1.29. The molecule has 3 heterocycles. The number of carbonyl (C=O) groups is 2. The van der Waals surface area contributed by atoms with Gasteiger partial charge < -0.3 is 19.6 Å². The molecule has 2 fully saturated rings. The number of nitrogens with one attached hydrogen (secondary N) is 1. The molecule has 0 radical (unpaired) electrons. The smallest absolute Gasteiger partial charge is 0.264 e. The second-order valence-electron chi connectivity index (χ2n) is 14.8. The van der Waals surface area contributed by atoms with Crippen molar-refractivity contribution in [1.82, 2.24) is 9.62 Å². The lowest BCUT2D eigenvalue weighted by Gasteiger charge is -2.57. The van der Waals surface area contributed by atoms with E-state index in [4.69, 9.17) is 16.3 Å². The number of nitrogens with zero attached hydrogens (tertiary/aromatic N) is 2. The molecule has 2 N–H and O–H groups in total. The minimum absolute atomic E-state index is 0.0594. The Kier molecular flexibility index (Phi) is 9.65. The van der Waals surface area contributed by atoms with Gasteiger partial charge in [-0.15, -0.1) is 0 Å². The number of allylic oxidation sites excluding steroid dienone is 1. The third kappa shape index (κ3) is 6.60. The van der Waals surface area contributed by atoms with Crippen molar-refractivity contribution in [1.29, 1.82) is 0 Å². The van der Waals surface area contributed by atoms with Crippen LogP contribution in [0.3, 0.4) is 0 Å². The molecule has 1 saturated carbocycles. The van der Waals surface area contributed by atoms with Crippen molar-refractivity contribution in [2.24, 2.45) is 23.2 Å². The summed E-state index contributed by atoms with van der Waals surface area (Å²) in [5.41, 5.74) is 1.37. The molecule has 0 spiro atoms. The summed E-state index contributed by atoms with van der Waals surface area (Å²) in [6.07, 6.45) is 8.80. The fourth-order valence-electron chi connectivity index (χ4n) is 8.23. The minimum atomic E-state index is -4.03. The molecule has 1 aliphatic carbocycles. The Balaban J connectivity index is 1.45. The van der Waals surface area contributed by atoms with Gasteiger partial charge in [0.1, 0.15) is 12.4 Å². The first-order valence-corrected chi connectivity index (χ1v) is 19.1. The van der Waals surface area contributed by atoms with Gasteiger partial charge >= 0.3 is 0 Å². The van der Waals surface area contributed by atoms with Crippen LogP contribution < -0.4 is 14.4 Å². The Hall–Kier alpha value is -3.08. The Morgan fingerprint density at radius 3 is 2.54 bits per heavy atom. The maximum absolute atomic E-state index is 13.5. The summed E-state index contributed by atoms with van der Waals surface area (Å²) in [6.45, 7) is 7.74. The van der Waals surface area contributed by atoms with Crippen LogP contribution in [0.5, 0.6) is 5.75 Å². The number of benzene rings is 2. The molecule has 2 amide bonds. The highest BCUT2D eigenvalue weighted by atomic mass is 35.5. The second-order valence-corrected chi connectivity index (χ2v) is 17.3. The number of aliphatic hydroxyl groups is 1. The maximum atomic E-state index is 13.5. The zero-order valence-electron chi connectivity index (χ0n) is 28.4. The van der Waals surface area contributed by atoms with Gasteiger partial charge in [-0.1, -0.05) is 43.7 Å². The number of rotatable bonds is 1. The number of fused-ring (bicyclic) bond motifs is 3. The number of ether oxygens (including phenoxy) is 1. The summed E-state index contributed by atoms with van der Waals surface area (Å²) in [4.78, 5) is 30.9. The highest BCUT2D eigenvalue weighted by molar-refractivity contribution is 7.90. The van der Waals surface area contributed by atoms with Gasteiger partial charge in [-0.2, -0.15) is 0 Å². The molecule has 1 saturated heterocycles. The standard InChI is InChI=1S/C37H48ClN3O6S/c1-24-8-7-16-37(44,30-15-19-40(4)35(30)43)33-14-17-36(33,3)23-41-18-6-5-9-26-20-29(38)12-10-28(26)22-47-32-13-11-27(21-31(32)41)34(42)39-48(45,46)25(24)2/h7,10-13,16,20-21,24-25,30,33,44H,5-6,8-9,14-15,17-19,22-23H2,1-4H3,(H,39,42)/b16-7+/t24-,25+,30+,33+,36?,37-/m0/s1. The van der Waals surface area contributed by atoms with E-state index in [9.17, 15) is 23.1 Å². The number of sulfonamides is 1. The molecule has 48 heavy (non-hydrogen) atoms. The Bertz CT molecular complexity index is 1710. The summed E-state index contributed by atoms with van der Waals surface area (Å²) in [6, 6.07) is 10.9. The number of hydrogen-bond donors (Lipinski definition) is 2. The van der Waals surface area contributed by atoms with E-state index in [-0.39, 0.29) is 28.7 Å². The minimum Gasteiger partial charge on any atom is -0.487 e.